The maximum atomic E-state index is 12.6. The number of rotatable bonds is 6. The van der Waals surface area contributed by atoms with Crippen LogP contribution in [0.1, 0.15) is 12.8 Å². The van der Waals surface area contributed by atoms with Gasteiger partial charge in [0, 0.05) is 44.6 Å². The van der Waals surface area contributed by atoms with E-state index in [0.717, 1.165) is 45.0 Å². The third-order valence-electron chi connectivity index (χ3n) is 5.62. The first-order chi connectivity index (χ1) is 15.6. The molecule has 0 bridgehead atoms. The lowest BCUT2D eigenvalue weighted by atomic mass is 10.0. The van der Waals surface area contributed by atoms with Gasteiger partial charge in [0.1, 0.15) is 11.6 Å². The zero-order chi connectivity index (χ0) is 22.3. The minimum absolute atomic E-state index is 0.161. The van der Waals surface area contributed by atoms with Gasteiger partial charge >= 0.3 is 0 Å². The van der Waals surface area contributed by atoms with Crippen molar-refractivity contribution in [1.29, 1.82) is 0 Å². The first-order valence-corrected chi connectivity index (χ1v) is 11.6. The van der Waals surface area contributed by atoms with Gasteiger partial charge in [-0.05, 0) is 37.0 Å². The summed E-state index contributed by atoms with van der Waals surface area (Å²) in [5.74, 6) is 1.20. The largest absolute Gasteiger partial charge is 0.381 e. The quantitative estimate of drug-likeness (QED) is 0.583. The Kier molecular flexibility index (Phi) is 8.15. The molecule has 8 nitrogen and oxygen atoms in total. The van der Waals surface area contributed by atoms with Gasteiger partial charge in [-0.25, -0.2) is 9.97 Å². The van der Waals surface area contributed by atoms with Gasteiger partial charge in [-0.3, -0.25) is 4.79 Å². The van der Waals surface area contributed by atoms with Crippen molar-refractivity contribution in [3.8, 4) is 11.3 Å². The molecule has 2 aliphatic heterocycles. The molecule has 0 spiro atoms. The summed E-state index contributed by atoms with van der Waals surface area (Å²) in [7, 11) is 0. The van der Waals surface area contributed by atoms with Gasteiger partial charge in [-0.2, -0.15) is 0 Å². The molecule has 172 valence electrons. The van der Waals surface area contributed by atoms with E-state index in [1.165, 1.54) is 6.20 Å². The van der Waals surface area contributed by atoms with Gasteiger partial charge in [0.25, 0.3) is 0 Å². The van der Waals surface area contributed by atoms with Gasteiger partial charge in [-0.15, -0.1) is 0 Å². The van der Waals surface area contributed by atoms with Crippen molar-refractivity contribution in [1.82, 2.24) is 15.3 Å². The lowest BCUT2D eigenvalue weighted by Crippen LogP contribution is -2.33. The molecule has 32 heavy (non-hydrogen) atoms. The Balaban J connectivity index is 1.49. The van der Waals surface area contributed by atoms with E-state index in [9.17, 15) is 4.79 Å². The van der Waals surface area contributed by atoms with E-state index in [4.69, 9.17) is 32.7 Å². The summed E-state index contributed by atoms with van der Waals surface area (Å²) in [6.45, 7) is 4.67. The summed E-state index contributed by atoms with van der Waals surface area (Å²) in [5.41, 5.74) is 1.14. The number of carbonyl (C=O) groups is 1. The third-order valence-corrected chi connectivity index (χ3v) is 6.23. The number of ether oxygens (including phenoxy) is 2. The van der Waals surface area contributed by atoms with Crippen LogP contribution in [0.5, 0.6) is 0 Å². The Bertz CT molecular complexity index is 932. The van der Waals surface area contributed by atoms with Crippen LogP contribution in [0.4, 0.5) is 11.6 Å². The second kappa shape index (κ2) is 11.2. The molecule has 1 amide bonds. The molecular weight excluding hydrogens is 453 g/mol. The van der Waals surface area contributed by atoms with Gasteiger partial charge in [0.15, 0.2) is 0 Å². The number of hydrogen-bond acceptors (Lipinski definition) is 7. The summed E-state index contributed by atoms with van der Waals surface area (Å²) in [6.07, 6.45) is 3.57. The number of nitrogens with one attached hydrogen (secondary N) is 3. The number of aromatic nitrogens is 2. The minimum Gasteiger partial charge on any atom is -0.381 e. The smallest absolute Gasteiger partial charge is 0.232 e. The number of nitrogens with zero attached hydrogens (tertiary/aromatic N) is 2. The Hall–Kier alpha value is -1.97. The summed E-state index contributed by atoms with van der Waals surface area (Å²) >= 11 is 12.9. The monoisotopic (exact) mass is 479 g/mol. The van der Waals surface area contributed by atoms with Crippen LogP contribution < -0.4 is 16.0 Å². The first-order valence-electron chi connectivity index (χ1n) is 10.8. The fourth-order valence-corrected chi connectivity index (χ4v) is 4.12. The molecule has 4 heterocycles. The molecule has 10 heteroatoms. The van der Waals surface area contributed by atoms with Crippen molar-refractivity contribution in [3.05, 3.63) is 34.4 Å². The van der Waals surface area contributed by atoms with E-state index < -0.39 is 0 Å². The summed E-state index contributed by atoms with van der Waals surface area (Å²) < 4.78 is 10.9. The van der Waals surface area contributed by atoms with Crippen LogP contribution in [0.2, 0.25) is 10.0 Å². The van der Waals surface area contributed by atoms with E-state index in [1.807, 2.05) is 6.07 Å². The van der Waals surface area contributed by atoms with Crippen LogP contribution in [0.25, 0.3) is 11.3 Å². The molecule has 2 saturated heterocycles. The summed E-state index contributed by atoms with van der Waals surface area (Å²) in [6, 6.07) is 5.34. The summed E-state index contributed by atoms with van der Waals surface area (Å²) in [5, 5.41) is 10.3. The van der Waals surface area contributed by atoms with Gasteiger partial charge in [0.05, 0.1) is 34.9 Å². The molecule has 2 fully saturated rings. The Labute approximate surface area is 197 Å². The fourth-order valence-electron chi connectivity index (χ4n) is 3.72. The van der Waals surface area contributed by atoms with Gasteiger partial charge in [-0.1, -0.05) is 23.2 Å². The van der Waals surface area contributed by atoms with Gasteiger partial charge in [0.2, 0.25) is 5.91 Å². The van der Waals surface area contributed by atoms with Crippen LogP contribution in [0, 0.1) is 11.8 Å². The standard InChI is InChI=1S/C22H27Cl2N5O3/c23-17-1-2-19(26-10-14-3-6-31-7-4-14)28-21(17)16-9-20(27-12-18(16)24)29-22(30)15-11-25-5-8-32-13-15/h1-2,9,12,14-15,25H,3-8,10-11,13H2,(H,26,28)(H,27,29,30). The Morgan fingerprint density at radius 1 is 1.12 bits per heavy atom. The molecule has 2 aromatic rings. The fraction of sp³-hybridized carbons (Fsp3) is 0.500. The van der Waals surface area contributed by atoms with E-state index in [1.54, 1.807) is 12.1 Å². The molecular formula is C22H27Cl2N5O3. The molecule has 0 radical (unpaired) electrons. The number of hydrogen-bond donors (Lipinski definition) is 3. The predicted molar refractivity (Wildman–Crippen MR) is 125 cm³/mol. The van der Waals surface area contributed by atoms with E-state index in [2.05, 4.69) is 25.9 Å². The second-order valence-corrected chi connectivity index (χ2v) is 8.79. The van der Waals surface area contributed by atoms with Crippen LogP contribution in [-0.2, 0) is 14.3 Å². The zero-order valence-electron chi connectivity index (χ0n) is 17.7. The maximum absolute atomic E-state index is 12.6. The van der Waals surface area contributed by atoms with Crippen LogP contribution in [0.15, 0.2) is 24.4 Å². The van der Waals surface area contributed by atoms with Crippen LogP contribution in [0.3, 0.4) is 0 Å². The predicted octanol–water partition coefficient (Wildman–Crippen LogP) is 3.46. The number of carbonyl (C=O) groups excluding carboxylic acids is 1. The highest BCUT2D eigenvalue weighted by Gasteiger charge is 2.22. The highest BCUT2D eigenvalue weighted by Crippen LogP contribution is 2.34. The maximum Gasteiger partial charge on any atom is 0.232 e. The van der Waals surface area contributed by atoms with Crippen LogP contribution in [-0.4, -0.2) is 61.9 Å². The van der Waals surface area contributed by atoms with E-state index >= 15 is 0 Å². The average Bonchev–Trinajstić information content (AvgIpc) is 3.10. The van der Waals surface area contributed by atoms with Crippen molar-refractivity contribution < 1.29 is 14.3 Å². The molecule has 3 N–H and O–H groups in total. The normalized spacial score (nSPS) is 19.9. The molecule has 1 unspecified atom stereocenters. The van der Waals surface area contributed by atoms with Crippen LogP contribution >= 0.6 is 23.2 Å². The van der Waals surface area contributed by atoms with Crippen molar-refractivity contribution >= 4 is 40.7 Å². The van der Waals surface area contributed by atoms with Crippen molar-refractivity contribution in [2.75, 3.05) is 56.7 Å². The minimum atomic E-state index is -0.294. The molecule has 2 aliphatic rings. The van der Waals surface area contributed by atoms with Gasteiger partial charge < -0.3 is 25.4 Å². The number of pyridine rings is 2. The molecule has 1 atom stereocenters. The third kappa shape index (κ3) is 6.08. The lowest BCUT2D eigenvalue weighted by molar-refractivity contribution is -0.121. The molecule has 4 rings (SSSR count). The summed E-state index contributed by atoms with van der Waals surface area (Å²) in [4.78, 5) is 21.6. The topological polar surface area (TPSA) is 97.4 Å². The highest BCUT2D eigenvalue weighted by molar-refractivity contribution is 6.36. The number of halogens is 2. The number of anilines is 2. The van der Waals surface area contributed by atoms with Crippen molar-refractivity contribution in [2.24, 2.45) is 11.8 Å². The average molecular weight is 480 g/mol. The van der Waals surface area contributed by atoms with Crippen molar-refractivity contribution in [3.63, 3.8) is 0 Å². The first kappa shape index (κ1) is 23.2. The molecule has 2 aromatic heterocycles. The molecule has 0 saturated carbocycles. The lowest BCUT2D eigenvalue weighted by Gasteiger charge is -2.22. The van der Waals surface area contributed by atoms with E-state index in [-0.39, 0.29) is 11.8 Å². The second-order valence-electron chi connectivity index (χ2n) is 7.98. The highest BCUT2D eigenvalue weighted by atomic mass is 35.5. The van der Waals surface area contributed by atoms with E-state index in [0.29, 0.717) is 52.8 Å². The van der Waals surface area contributed by atoms with Crippen molar-refractivity contribution in [2.45, 2.75) is 12.8 Å². The Morgan fingerprint density at radius 2 is 1.97 bits per heavy atom. The molecule has 0 aliphatic carbocycles. The molecule has 0 aromatic carbocycles. The SMILES string of the molecule is O=C(Nc1cc(-c2nc(NCC3CCOCC3)ccc2Cl)c(Cl)cn1)C1CNCCOC1. The number of amides is 1. The zero-order valence-corrected chi connectivity index (χ0v) is 19.2. The Morgan fingerprint density at radius 3 is 2.81 bits per heavy atom.